The van der Waals surface area contributed by atoms with E-state index in [0.717, 1.165) is 25.0 Å². The van der Waals surface area contributed by atoms with Crippen molar-refractivity contribution < 1.29 is 5.11 Å². The molecular weight excluding hydrogens is 218 g/mol. The van der Waals surface area contributed by atoms with Gasteiger partial charge >= 0.3 is 0 Å². The summed E-state index contributed by atoms with van der Waals surface area (Å²) < 4.78 is 0. The Bertz CT molecular complexity index is 266. The summed E-state index contributed by atoms with van der Waals surface area (Å²) in [6.07, 6.45) is 3.14. The molecule has 0 aromatic heterocycles. The average Bonchev–Trinajstić information content (AvgIpc) is 2.35. The molecule has 90 valence electrons. The van der Waals surface area contributed by atoms with Gasteiger partial charge in [0.1, 0.15) is 0 Å². The Kier molecular flexibility index (Phi) is 7.30. The van der Waals surface area contributed by atoms with E-state index in [2.05, 4.69) is 29.6 Å². The number of hydrogen-bond acceptors (Lipinski definition) is 3. The summed E-state index contributed by atoms with van der Waals surface area (Å²) in [7, 11) is 2.01. The molecule has 1 aromatic carbocycles. The van der Waals surface area contributed by atoms with E-state index in [-0.39, 0.29) is 0 Å². The first-order chi connectivity index (χ1) is 7.86. The molecule has 0 radical (unpaired) electrons. The Morgan fingerprint density at radius 1 is 1.25 bits per heavy atom. The fourth-order valence-corrected chi connectivity index (χ4v) is 2.60. The van der Waals surface area contributed by atoms with Crippen LogP contribution in [0.25, 0.3) is 0 Å². The Hall–Kier alpha value is -0.510. The topological polar surface area (TPSA) is 32.3 Å². The molecule has 0 spiro atoms. The van der Waals surface area contributed by atoms with Crippen LogP contribution < -0.4 is 5.32 Å². The largest absolute Gasteiger partial charge is 0.396 e. The van der Waals surface area contributed by atoms with E-state index in [1.54, 1.807) is 0 Å². The van der Waals surface area contributed by atoms with Crippen LogP contribution in [0.15, 0.2) is 35.2 Å². The van der Waals surface area contributed by atoms with Gasteiger partial charge in [-0.25, -0.2) is 0 Å². The van der Waals surface area contributed by atoms with Crippen LogP contribution in [0, 0.1) is 0 Å². The Balaban J connectivity index is 2.23. The van der Waals surface area contributed by atoms with Gasteiger partial charge in [0.05, 0.1) is 0 Å². The van der Waals surface area contributed by atoms with Gasteiger partial charge in [-0.3, -0.25) is 0 Å². The molecule has 1 rings (SSSR count). The molecular formula is C13H21NOS. The number of aliphatic hydroxyl groups is 1. The number of aliphatic hydroxyl groups excluding tert-OH is 1. The average molecular weight is 239 g/mol. The minimum absolute atomic E-state index is 0.308. The highest BCUT2D eigenvalue weighted by Gasteiger charge is 2.06. The maximum absolute atomic E-state index is 8.73. The highest BCUT2D eigenvalue weighted by molar-refractivity contribution is 7.99. The third-order valence-electron chi connectivity index (χ3n) is 2.56. The highest BCUT2D eigenvalue weighted by atomic mass is 32.2. The smallest absolute Gasteiger partial charge is 0.0431 e. The van der Waals surface area contributed by atoms with Crippen molar-refractivity contribution in [3.63, 3.8) is 0 Å². The molecule has 2 nitrogen and oxygen atoms in total. The van der Waals surface area contributed by atoms with Crippen LogP contribution in [0.3, 0.4) is 0 Å². The number of thioether (sulfide) groups is 1. The lowest BCUT2D eigenvalue weighted by Gasteiger charge is -2.15. The number of unbranched alkanes of at least 4 members (excludes halogenated alkanes) is 1. The molecule has 0 fully saturated rings. The van der Waals surface area contributed by atoms with Crippen LogP contribution in [-0.4, -0.2) is 30.6 Å². The molecule has 0 saturated carbocycles. The van der Waals surface area contributed by atoms with E-state index < -0.39 is 0 Å². The summed E-state index contributed by atoms with van der Waals surface area (Å²) in [5.41, 5.74) is 0. The van der Waals surface area contributed by atoms with Crippen LogP contribution in [-0.2, 0) is 0 Å². The van der Waals surface area contributed by atoms with Gasteiger partial charge in [0, 0.05) is 23.3 Å². The minimum atomic E-state index is 0.308. The molecule has 3 heteroatoms. The van der Waals surface area contributed by atoms with Crippen molar-refractivity contribution in [1.82, 2.24) is 5.32 Å². The Morgan fingerprint density at radius 2 is 2.00 bits per heavy atom. The van der Waals surface area contributed by atoms with Crippen LogP contribution >= 0.6 is 11.8 Å². The highest BCUT2D eigenvalue weighted by Crippen LogP contribution is 2.19. The van der Waals surface area contributed by atoms with Crippen LogP contribution in [0.2, 0.25) is 0 Å². The SMILES string of the molecule is CNC(CCCCO)CSc1ccccc1. The molecule has 2 N–H and O–H groups in total. The summed E-state index contributed by atoms with van der Waals surface area (Å²) in [6.45, 7) is 0.308. The monoisotopic (exact) mass is 239 g/mol. The van der Waals surface area contributed by atoms with Crippen molar-refractivity contribution >= 4 is 11.8 Å². The maximum atomic E-state index is 8.73. The molecule has 1 atom stereocenters. The fourth-order valence-electron chi connectivity index (χ4n) is 1.53. The third-order valence-corrected chi connectivity index (χ3v) is 3.74. The summed E-state index contributed by atoms with van der Waals surface area (Å²) in [5.74, 6) is 1.09. The number of nitrogens with one attached hydrogen (secondary N) is 1. The van der Waals surface area contributed by atoms with Gasteiger partial charge in [0.25, 0.3) is 0 Å². The second-order valence-corrected chi connectivity index (χ2v) is 4.92. The Labute approximate surface area is 102 Å². The van der Waals surface area contributed by atoms with Crippen molar-refractivity contribution in [3.8, 4) is 0 Å². The van der Waals surface area contributed by atoms with Gasteiger partial charge < -0.3 is 10.4 Å². The van der Waals surface area contributed by atoms with Gasteiger partial charge in [-0.15, -0.1) is 11.8 Å². The fraction of sp³-hybridized carbons (Fsp3) is 0.538. The van der Waals surface area contributed by atoms with Gasteiger partial charge in [-0.2, -0.15) is 0 Å². The summed E-state index contributed by atoms with van der Waals surface area (Å²) in [4.78, 5) is 1.32. The van der Waals surface area contributed by atoms with Crippen molar-refractivity contribution in [2.75, 3.05) is 19.4 Å². The zero-order valence-corrected chi connectivity index (χ0v) is 10.7. The van der Waals surface area contributed by atoms with Crippen molar-refractivity contribution in [2.24, 2.45) is 0 Å². The number of rotatable bonds is 8. The summed E-state index contributed by atoms with van der Waals surface area (Å²) in [6, 6.07) is 11.0. The first-order valence-electron chi connectivity index (χ1n) is 5.82. The van der Waals surface area contributed by atoms with E-state index in [0.29, 0.717) is 12.6 Å². The molecule has 0 amide bonds. The normalized spacial score (nSPS) is 12.6. The van der Waals surface area contributed by atoms with Crippen LogP contribution in [0.1, 0.15) is 19.3 Å². The van der Waals surface area contributed by atoms with Crippen LogP contribution in [0.4, 0.5) is 0 Å². The molecule has 0 heterocycles. The van der Waals surface area contributed by atoms with Crippen molar-refractivity contribution in [1.29, 1.82) is 0 Å². The molecule has 0 bridgehead atoms. The van der Waals surface area contributed by atoms with E-state index in [4.69, 9.17) is 5.11 Å². The lowest BCUT2D eigenvalue weighted by atomic mass is 10.1. The van der Waals surface area contributed by atoms with E-state index in [1.807, 2.05) is 24.9 Å². The lowest BCUT2D eigenvalue weighted by Crippen LogP contribution is -2.27. The maximum Gasteiger partial charge on any atom is 0.0431 e. The second kappa shape index (κ2) is 8.62. The quantitative estimate of drug-likeness (QED) is 0.540. The van der Waals surface area contributed by atoms with Gasteiger partial charge in [-0.1, -0.05) is 18.2 Å². The van der Waals surface area contributed by atoms with Crippen molar-refractivity contribution in [3.05, 3.63) is 30.3 Å². The number of benzene rings is 1. The molecule has 0 aliphatic heterocycles. The molecule has 1 aromatic rings. The predicted molar refractivity (Wildman–Crippen MR) is 71.0 cm³/mol. The molecule has 0 aliphatic carbocycles. The van der Waals surface area contributed by atoms with Gasteiger partial charge in [0.15, 0.2) is 0 Å². The molecule has 1 unspecified atom stereocenters. The lowest BCUT2D eigenvalue weighted by molar-refractivity contribution is 0.280. The molecule has 16 heavy (non-hydrogen) atoms. The zero-order chi connectivity index (χ0) is 11.6. The van der Waals surface area contributed by atoms with Gasteiger partial charge in [-0.05, 0) is 38.4 Å². The predicted octanol–water partition coefficient (Wildman–Crippen LogP) is 2.53. The first-order valence-corrected chi connectivity index (χ1v) is 6.81. The summed E-state index contributed by atoms with van der Waals surface area (Å²) >= 11 is 1.89. The van der Waals surface area contributed by atoms with E-state index >= 15 is 0 Å². The van der Waals surface area contributed by atoms with Crippen molar-refractivity contribution in [2.45, 2.75) is 30.2 Å². The molecule has 0 saturated heterocycles. The minimum Gasteiger partial charge on any atom is -0.396 e. The zero-order valence-electron chi connectivity index (χ0n) is 9.86. The first kappa shape index (κ1) is 13.6. The standard InChI is InChI=1S/C13H21NOS/c1-14-12(7-5-6-10-15)11-16-13-8-3-2-4-9-13/h2-4,8-9,12,14-15H,5-7,10-11H2,1H3. The molecule has 0 aliphatic rings. The third kappa shape index (κ3) is 5.54. The van der Waals surface area contributed by atoms with Crippen LogP contribution in [0.5, 0.6) is 0 Å². The van der Waals surface area contributed by atoms with E-state index in [9.17, 15) is 0 Å². The van der Waals surface area contributed by atoms with E-state index in [1.165, 1.54) is 4.90 Å². The summed E-state index contributed by atoms with van der Waals surface area (Å²) in [5, 5.41) is 12.1. The Morgan fingerprint density at radius 3 is 2.62 bits per heavy atom. The van der Waals surface area contributed by atoms with Gasteiger partial charge in [0.2, 0.25) is 0 Å². The second-order valence-electron chi connectivity index (χ2n) is 3.83. The number of hydrogen-bond donors (Lipinski definition) is 2.